The molecule has 28 heavy (non-hydrogen) atoms. The molecule has 0 radical (unpaired) electrons. The van der Waals surface area contributed by atoms with E-state index >= 15 is 0 Å². The Labute approximate surface area is 161 Å². The van der Waals surface area contributed by atoms with E-state index in [1.54, 1.807) is 35.2 Å². The van der Waals surface area contributed by atoms with Crippen LogP contribution in [0, 0.1) is 12.7 Å². The Morgan fingerprint density at radius 2 is 1.89 bits per heavy atom. The molecule has 1 aromatic carbocycles. The quantitative estimate of drug-likeness (QED) is 0.748. The first-order valence-electron chi connectivity index (χ1n) is 9.05. The Bertz CT molecular complexity index is 968. The number of nitrogens with zero attached hydrogens (tertiary/aromatic N) is 4. The van der Waals surface area contributed by atoms with Crippen molar-refractivity contribution in [3.63, 3.8) is 0 Å². The van der Waals surface area contributed by atoms with E-state index in [0.29, 0.717) is 43.6 Å². The number of piperazine rings is 1. The van der Waals surface area contributed by atoms with E-state index in [9.17, 15) is 9.18 Å². The van der Waals surface area contributed by atoms with Gasteiger partial charge in [0.25, 0.3) is 5.91 Å². The van der Waals surface area contributed by atoms with E-state index in [4.69, 9.17) is 4.42 Å². The van der Waals surface area contributed by atoms with E-state index in [2.05, 4.69) is 20.2 Å². The van der Waals surface area contributed by atoms with Gasteiger partial charge in [-0.05, 0) is 31.2 Å². The van der Waals surface area contributed by atoms with Gasteiger partial charge >= 0.3 is 0 Å². The van der Waals surface area contributed by atoms with Crippen LogP contribution in [0.3, 0.4) is 0 Å². The molecule has 1 fully saturated rings. The fourth-order valence-electron chi connectivity index (χ4n) is 3.15. The van der Waals surface area contributed by atoms with Crippen LogP contribution in [0.4, 0.5) is 21.8 Å². The van der Waals surface area contributed by atoms with Crippen LogP contribution < -0.4 is 10.2 Å². The Kier molecular flexibility index (Phi) is 4.92. The topological polar surface area (TPSA) is 74.5 Å². The Morgan fingerprint density at radius 3 is 2.61 bits per heavy atom. The van der Waals surface area contributed by atoms with Crippen LogP contribution in [0.1, 0.15) is 16.2 Å². The number of aromatic nitrogens is 2. The lowest BCUT2D eigenvalue weighted by Gasteiger charge is -2.35. The van der Waals surface area contributed by atoms with Crippen LogP contribution in [-0.2, 0) is 0 Å². The molecule has 0 saturated carbocycles. The average Bonchev–Trinajstić information content (AvgIpc) is 3.24. The minimum absolute atomic E-state index is 0.106. The van der Waals surface area contributed by atoms with Crippen molar-refractivity contribution in [1.82, 2.24) is 14.9 Å². The Balaban J connectivity index is 1.46. The number of halogens is 1. The van der Waals surface area contributed by atoms with Crippen molar-refractivity contribution in [2.75, 3.05) is 36.4 Å². The summed E-state index contributed by atoms with van der Waals surface area (Å²) in [5, 5.41) is 2.94. The summed E-state index contributed by atoms with van der Waals surface area (Å²) < 4.78 is 19.1. The second-order valence-electron chi connectivity index (χ2n) is 6.55. The van der Waals surface area contributed by atoms with Gasteiger partial charge in [-0.15, -0.1) is 0 Å². The van der Waals surface area contributed by atoms with Crippen molar-refractivity contribution >= 4 is 23.4 Å². The van der Waals surface area contributed by atoms with Gasteiger partial charge in [0.15, 0.2) is 5.76 Å². The predicted octanol–water partition coefficient (Wildman–Crippen LogP) is 3.22. The van der Waals surface area contributed by atoms with E-state index in [-0.39, 0.29) is 11.7 Å². The number of para-hydroxylation sites is 1. The molecule has 0 bridgehead atoms. The molecule has 4 rings (SSSR count). The van der Waals surface area contributed by atoms with Crippen molar-refractivity contribution in [2.24, 2.45) is 0 Å². The molecule has 0 atom stereocenters. The number of rotatable bonds is 4. The van der Waals surface area contributed by atoms with Gasteiger partial charge in [0.1, 0.15) is 11.6 Å². The number of carbonyl (C=O) groups excluding carboxylic acids is 1. The molecule has 1 saturated heterocycles. The molecule has 1 aliphatic rings. The van der Waals surface area contributed by atoms with Gasteiger partial charge in [0.2, 0.25) is 5.95 Å². The molecular formula is C20H20FN5O2. The summed E-state index contributed by atoms with van der Waals surface area (Å²) >= 11 is 0. The van der Waals surface area contributed by atoms with Gasteiger partial charge in [0.05, 0.1) is 12.0 Å². The summed E-state index contributed by atoms with van der Waals surface area (Å²) in [6.07, 6.45) is 1.50. The van der Waals surface area contributed by atoms with Gasteiger partial charge in [-0.2, -0.15) is 4.98 Å². The highest BCUT2D eigenvalue weighted by Gasteiger charge is 2.24. The summed E-state index contributed by atoms with van der Waals surface area (Å²) in [6.45, 7) is 4.29. The molecule has 1 aliphatic heterocycles. The molecule has 0 unspecified atom stereocenters. The molecule has 3 aromatic rings. The number of furan rings is 1. The van der Waals surface area contributed by atoms with E-state index < -0.39 is 0 Å². The van der Waals surface area contributed by atoms with E-state index in [1.807, 2.05) is 13.0 Å². The number of nitrogens with one attached hydrogen (secondary N) is 1. The maximum atomic E-state index is 13.9. The summed E-state index contributed by atoms with van der Waals surface area (Å²) in [4.78, 5) is 25.1. The fourth-order valence-corrected chi connectivity index (χ4v) is 3.15. The molecule has 2 aromatic heterocycles. The van der Waals surface area contributed by atoms with Crippen LogP contribution in [0.5, 0.6) is 0 Å². The monoisotopic (exact) mass is 381 g/mol. The van der Waals surface area contributed by atoms with E-state index in [0.717, 1.165) is 11.5 Å². The summed E-state index contributed by atoms with van der Waals surface area (Å²) in [5.74, 6) is 0.970. The second kappa shape index (κ2) is 7.67. The highest BCUT2D eigenvalue weighted by Crippen LogP contribution is 2.21. The first kappa shape index (κ1) is 18.0. The SMILES string of the molecule is Cc1cc(N2CCN(C(=O)c3ccco3)CC2)nc(Nc2ccccc2F)n1. The normalized spacial score (nSPS) is 14.2. The lowest BCUT2D eigenvalue weighted by Crippen LogP contribution is -2.49. The molecular weight excluding hydrogens is 361 g/mol. The average molecular weight is 381 g/mol. The minimum Gasteiger partial charge on any atom is -0.459 e. The van der Waals surface area contributed by atoms with Crippen LogP contribution >= 0.6 is 0 Å². The Morgan fingerprint density at radius 1 is 1.11 bits per heavy atom. The molecule has 3 heterocycles. The van der Waals surface area contributed by atoms with Crippen molar-refractivity contribution in [1.29, 1.82) is 0 Å². The number of hydrogen-bond donors (Lipinski definition) is 1. The van der Waals surface area contributed by atoms with Gasteiger partial charge in [-0.1, -0.05) is 12.1 Å². The van der Waals surface area contributed by atoms with Crippen molar-refractivity contribution in [3.8, 4) is 0 Å². The minimum atomic E-state index is -0.362. The predicted molar refractivity (Wildman–Crippen MR) is 103 cm³/mol. The molecule has 0 spiro atoms. The maximum Gasteiger partial charge on any atom is 0.289 e. The zero-order valence-corrected chi connectivity index (χ0v) is 15.4. The number of aryl methyl sites for hydroxylation is 1. The molecule has 7 nitrogen and oxygen atoms in total. The third-order valence-electron chi connectivity index (χ3n) is 4.58. The zero-order valence-electron chi connectivity index (χ0n) is 15.4. The molecule has 0 aliphatic carbocycles. The molecule has 1 amide bonds. The number of carbonyl (C=O) groups is 1. The Hall–Kier alpha value is -3.42. The van der Waals surface area contributed by atoms with Crippen LogP contribution in [0.2, 0.25) is 0 Å². The number of amides is 1. The summed E-state index contributed by atoms with van der Waals surface area (Å²) in [6, 6.07) is 11.7. The van der Waals surface area contributed by atoms with Gasteiger partial charge in [-0.3, -0.25) is 4.79 Å². The molecule has 1 N–H and O–H groups in total. The summed E-state index contributed by atoms with van der Waals surface area (Å²) in [7, 11) is 0. The van der Waals surface area contributed by atoms with E-state index in [1.165, 1.54) is 12.3 Å². The maximum absolute atomic E-state index is 13.9. The smallest absolute Gasteiger partial charge is 0.289 e. The van der Waals surface area contributed by atoms with Crippen LogP contribution in [-0.4, -0.2) is 47.0 Å². The van der Waals surface area contributed by atoms with Crippen LogP contribution in [0.25, 0.3) is 0 Å². The van der Waals surface area contributed by atoms with Crippen molar-refractivity contribution in [3.05, 3.63) is 66.0 Å². The van der Waals surface area contributed by atoms with Gasteiger partial charge in [-0.25, -0.2) is 9.37 Å². The fraction of sp³-hybridized carbons (Fsp3) is 0.250. The highest BCUT2D eigenvalue weighted by molar-refractivity contribution is 5.91. The van der Waals surface area contributed by atoms with Crippen molar-refractivity contribution in [2.45, 2.75) is 6.92 Å². The van der Waals surface area contributed by atoms with Crippen LogP contribution in [0.15, 0.2) is 53.1 Å². The largest absolute Gasteiger partial charge is 0.459 e. The number of hydrogen-bond acceptors (Lipinski definition) is 6. The lowest BCUT2D eigenvalue weighted by molar-refractivity contribution is 0.0714. The number of anilines is 3. The lowest BCUT2D eigenvalue weighted by atomic mass is 10.2. The first-order chi connectivity index (χ1) is 13.6. The second-order valence-corrected chi connectivity index (χ2v) is 6.55. The molecule has 8 heteroatoms. The molecule has 144 valence electrons. The third-order valence-corrected chi connectivity index (χ3v) is 4.58. The first-order valence-corrected chi connectivity index (χ1v) is 9.05. The third kappa shape index (κ3) is 3.80. The highest BCUT2D eigenvalue weighted by atomic mass is 19.1. The van der Waals surface area contributed by atoms with Crippen molar-refractivity contribution < 1.29 is 13.6 Å². The number of benzene rings is 1. The zero-order chi connectivity index (χ0) is 19.5. The summed E-state index contributed by atoms with van der Waals surface area (Å²) in [5.41, 5.74) is 1.10. The van der Waals surface area contributed by atoms with Gasteiger partial charge in [0, 0.05) is 37.9 Å². The standard InChI is InChI=1S/C20H20FN5O2/c1-14-13-18(24-20(22-14)23-16-6-3-2-5-15(16)21)25-8-10-26(11-9-25)19(27)17-7-4-12-28-17/h2-7,12-13H,8-11H2,1H3,(H,22,23,24). The van der Waals surface area contributed by atoms with Gasteiger partial charge < -0.3 is 19.5 Å².